The molecule has 0 aromatic carbocycles. The molecule has 5 heteroatoms. The van der Waals surface area contributed by atoms with Crippen LogP contribution in [0.4, 0.5) is 4.79 Å². The minimum atomic E-state index is -1.08. The fourth-order valence-corrected chi connectivity index (χ4v) is 3.80. The smallest absolute Gasteiger partial charge is 0.329 e. The first-order valence-corrected chi connectivity index (χ1v) is 8.31. The van der Waals surface area contributed by atoms with Crippen molar-refractivity contribution in [3.63, 3.8) is 0 Å². The summed E-state index contributed by atoms with van der Waals surface area (Å²) in [5.41, 5.74) is -1.08. The van der Waals surface area contributed by atoms with Gasteiger partial charge in [-0.05, 0) is 37.5 Å². The molecule has 120 valence electrons. The average molecular weight is 296 g/mol. The van der Waals surface area contributed by atoms with E-state index in [9.17, 15) is 14.7 Å². The summed E-state index contributed by atoms with van der Waals surface area (Å²) < 4.78 is 0. The number of hydrogen-bond donors (Lipinski definition) is 3. The third kappa shape index (κ3) is 4.35. The summed E-state index contributed by atoms with van der Waals surface area (Å²) in [6.07, 6.45) is 9.07. The van der Waals surface area contributed by atoms with Crippen molar-refractivity contribution in [1.82, 2.24) is 10.6 Å². The van der Waals surface area contributed by atoms with Gasteiger partial charge >= 0.3 is 12.0 Å². The molecule has 2 saturated carbocycles. The van der Waals surface area contributed by atoms with Gasteiger partial charge in [0.1, 0.15) is 5.54 Å². The third-order valence-electron chi connectivity index (χ3n) is 5.04. The Kier molecular flexibility index (Phi) is 5.48. The molecule has 0 aromatic rings. The van der Waals surface area contributed by atoms with Gasteiger partial charge in [0.05, 0.1) is 0 Å². The number of aliphatic carboxylic acids is 1. The fraction of sp³-hybridized carbons (Fsp3) is 0.875. The number of carboxylic acids is 1. The summed E-state index contributed by atoms with van der Waals surface area (Å²) in [5.74, 6) is -0.00841. The molecule has 2 rings (SSSR count). The van der Waals surface area contributed by atoms with E-state index in [-0.39, 0.29) is 6.03 Å². The molecule has 2 amide bonds. The lowest BCUT2D eigenvalue weighted by Crippen LogP contribution is -2.59. The number of urea groups is 1. The van der Waals surface area contributed by atoms with Crippen molar-refractivity contribution in [1.29, 1.82) is 0 Å². The Morgan fingerprint density at radius 1 is 1.14 bits per heavy atom. The second kappa shape index (κ2) is 7.14. The molecule has 0 spiro atoms. The van der Waals surface area contributed by atoms with E-state index < -0.39 is 11.5 Å². The topological polar surface area (TPSA) is 78.4 Å². The molecule has 21 heavy (non-hydrogen) atoms. The van der Waals surface area contributed by atoms with Crippen LogP contribution >= 0.6 is 0 Å². The predicted octanol–water partition coefficient (Wildman–Crippen LogP) is 2.90. The molecular formula is C16H28N2O3. The molecule has 2 aliphatic carbocycles. The Morgan fingerprint density at radius 2 is 1.86 bits per heavy atom. The zero-order chi connectivity index (χ0) is 15.3. The summed E-state index contributed by atoms with van der Waals surface area (Å²) >= 11 is 0. The van der Waals surface area contributed by atoms with E-state index in [4.69, 9.17) is 0 Å². The molecule has 2 fully saturated rings. The molecule has 2 aliphatic rings. The molecule has 5 nitrogen and oxygen atoms in total. The van der Waals surface area contributed by atoms with E-state index in [2.05, 4.69) is 17.6 Å². The lowest BCUT2D eigenvalue weighted by Gasteiger charge is -2.37. The van der Waals surface area contributed by atoms with Gasteiger partial charge in [0.25, 0.3) is 0 Å². The van der Waals surface area contributed by atoms with Gasteiger partial charge in [-0.1, -0.05) is 39.0 Å². The SMILES string of the molecule is CC1CCCC(NC(=O)NCC2CCCCC2)(C(=O)O)C1. The van der Waals surface area contributed by atoms with Crippen LogP contribution in [0.3, 0.4) is 0 Å². The number of carbonyl (C=O) groups is 2. The zero-order valence-electron chi connectivity index (χ0n) is 13.0. The molecule has 2 atom stereocenters. The van der Waals surface area contributed by atoms with E-state index >= 15 is 0 Å². The number of carbonyl (C=O) groups excluding carboxylic acids is 1. The summed E-state index contributed by atoms with van der Waals surface area (Å²) in [5, 5.41) is 15.2. The average Bonchev–Trinajstić information content (AvgIpc) is 2.46. The summed E-state index contributed by atoms with van der Waals surface area (Å²) in [4.78, 5) is 23.7. The molecule has 0 aliphatic heterocycles. The van der Waals surface area contributed by atoms with Crippen molar-refractivity contribution < 1.29 is 14.7 Å². The second-order valence-electron chi connectivity index (χ2n) is 6.93. The van der Waals surface area contributed by atoms with Gasteiger partial charge in [0.15, 0.2) is 0 Å². The first kappa shape index (κ1) is 16.1. The Morgan fingerprint density at radius 3 is 2.48 bits per heavy atom. The normalized spacial score (nSPS) is 30.6. The van der Waals surface area contributed by atoms with Crippen LogP contribution in [0.5, 0.6) is 0 Å². The van der Waals surface area contributed by atoms with Crippen molar-refractivity contribution in [3.05, 3.63) is 0 Å². The first-order valence-electron chi connectivity index (χ1n) is 8.31. The van der Waals surface area contributed by atoms with Gasteiger partial charge in [-0.3, -0.25) is 0 Å². The van der Waals surface area contributed by atoms with Gasteiger partial charge in [-0.15, -0.1) is 0 Å². The monoisotopic (exact) mass is 296 g/mol. The maximum Gasteiger partial charge on any atom is 0.329 e. The van der Waals surface area contributed by atoms with Gasteiger partial charge in [0.2, 0.25) is 0 Å². The molecule has 0 aromatic heterocycles. The quantitative estimate of drug-likeness (QED) is 0.746. The van der Waals surface area contributed by atoms with E-state index in [1.54, 1.807) is 0 Å². The molecular weight excluding hydrogens is 268 g/mol. The van der Waals surface area contributed by atoms with E-state index in [1.165, 1.54) is 32.1 Å². The van der Waals surface area contributed by atoms with Gasteiger partial charge < -0.3 is 15.7 Å². The highest BCUT2D eigenvalue weighted by Gasteiger charge is 2.43. The number of amides is 2. The van der Waals surface area contributed by atoms with Crippen LogP contribution in [0, 0.1) is 11.8 Å². The molecule has 0 radical (unpaired) electrons. The van der Waals surface area contributed by atoms with Gasteiger partial charge in [-0.2, -0.15) is 0 Å². The van der Waals surface area contributed by atoms with Crippen molar-refractivity contribution in [2.45, 2.75) is 70.3 Å². The number of nitrogens with one attached hydrogen (secondary N) is 2. The number of hydrogen-bond acceptors (Lipinski definition) is 2. The summed E-state index contributed by atoms with van der Waals surface area (Å²) in [6.45, 7) is 2.72. The van der Waals surface area contributed by atoms with E-state index in [0.717, 1.165) is 12.8 Å². The van der Waals surface area contributed by atoms with Crippen LogP contribution in [0.25, 0.3) is 0 Å². The van der Waals surface area contributed by atoms with Crippen LogP contribution in [-0.2, 0) is 4.79 Å². The van der Waals surface area contributed by atoms with Gasteiger partial charge in [0, 0.05) is 6.54 Å². The van der Waals surface area contributed by atoms with Crippen LogP contribution in [0.1, 0.15) is 64.7 Å². The Labute approximate surface area is 126 Å². The molecule has 2 unspecified atom stereocenters. The van der Waals surface area contributed by atoms with Crippen LogP contribution in [-0.4, -0.2) is 29.2 Å². The highest BCUT2D eigenvalue weighted by Crippen LogP contribution is 2.32. The van der Waals surface area contributed by atoms with E-state index in [1.807, 2.05) is 0 Å². The van der Waals surface area contributed by atoms with Gasteiger partial charge in [-0.25, -0.2) is 9.59 Å². The highest BCUT2D eigenvalue weighted by molar-refractivity contribution is 5.86. The van der Waals surface area contributed by atoms with Crippen molar-refractivity contribution >= 4 is 12.0 Å². The van der Waals surface area contributed by atoms with E-state index in [0.29, 0.717) is 31.2 Å². The fourth-order valence-electron chi connectivity index (χ4n) is 3.80. The van der Waals surface area contributed by atoms with Crippen molar-refractivity contribution in [3.8, 4) is 0 Å². The minimum Gasteiger partial charge on any atom is -0.480 e. The number of rotatable bonds is 4. The molecule has 0 saturated heterocycles. The van der Waals surface area contributed by atoms with Crippen LogP contribution in [0.15, 0.2) is 0 Å². The van der Waals surface area contributed by atoms with Crippen LogP contribution < -0.4 is 10.6 Å². The number of carboxylic acid groups (broad SMARTS) is 1. The molecule has 3 N–H and O–H groups in total. The summed E-state index contributed by atoms with van der Waals surface area (Å²) in [7, 11) is 0. The second-order valence-corrected chi connectivity index (χ2v) is 6.93. The Bertz CT molecular complexity index is 380. The Balaban J connectivity index is 1.84. The predicted molar refractivity (Wildman–Crippen MR) is 81.1 cm³/mol. The van der Waals surface area contributed by atoms with Crippen molar-refractivity contribution in [2.24, 2.45) is 11.8 Å². The van der Waals surface area contributed by atoms with Crippen LogP contribution in [0.2, 0.25) is 0 Å². The standard InChI is InChI=1S/C16H28N2O3/c1-12-6-5-9-16(10-12,14(19)20)18-15(21)17-11-13-7-3-2-4-8-13/h12-13H,2-11H2,1H3,(H,19,20)(H2,17,18,21). The minimum absolute atomic E-state index is 0.322. The highest BCUT2D eigenvalue weighted by atomic mass is 16.4. The maximum absolute atomic E-state index is 12.1. The third-order valence-corrected chi connectivity index (χ3v) is 5.04. The molecule has 0 bridgehead atoms. The first-order chi connectivity index (χ1) is 10.0. The maximum atomic E-state index is 12.1. The largest absolute Gasteiger partial charge is 0.480 e. The zero-order valence-corrected chi connectivity index (χ0v) is 13.0. The lowest BCUT2D eigenvalue weighted by atomic mass is 9.76. The Hall–Kier alpha value is -1.26. The van der Waals surface area contributed by atoms with Crippen molar-refractivity contribution in [2.75, 3.05) is 6.54 Å². The lowest BCUT2D eigenvalue weighted by molar-refractivity contribution is -0.146. The summed E-state index contributed by atoms with van der Waals surface area (Å²) in [6, 6.07) is -0.322. The molecule has 0 heterocycles.